The molecule has 1 aliphatic heterocycles. The second kappa shape index (κ2) is 9.68. The second-order valence-electron chi connectivity index (χ2n) is 4.98. The van der Waals surface area contributed by atoms with E-state index < -0.39 is 28.6 Å². The Hall–Kier alpha value is -1.72. The molecule has 11 heteroatoms. The van der Waals surface area contributed by atoms with Gasteiger partial charge in [0, 0.05) is 18.8 Å². The average molecular weight is 394 g/mol. The summed E-state index contributed by atoms with van der Waals surface area (Å²) in [6.45, 7) is 1.04. The fourth-order valence-electron chi connectivity index (χ4n) is 2.01. The molecule has 0 bridgehead atoms. The van der Waals surface area contributed by atoms with Crippen molar-refractivity contribution in [2.24, 2.45) is 0 Å². The largest absolute Gasteiger partial charge is 0.468 e. The molecule has 1 unspecified atom stereocenters. The van der Waals surface area contributed by atoms with Crippen LogP contribution in [-0.2, 0) is 29.1 Å². The molecule has 3 N–H and O–H groups in total. The van der Waals surface area contributed by atoms with Gasteiger partial charge in [-0.3, -0.25) is 9.59 Å². The summed E-state index contributed by atoms with van der Waals surface area (Å²) in [5.74, 6) is -1.07. The number of hydrogen-bond acceptors (Lipinski definition) is 7. The first-order chi connectivity index (χ1) is 11.4. The number of morpholine rings is 1. The van der Waals surface area contributed by atoms with Crippen LogP contribution >= 0.6 is 12.4 Å². The van der Waals surface area contributed by atoms with Crippen molar-refractivity contribution >= 4 is 40.0 Å². The molecular formula is C14H20ClN3O6S. The van der Waals surface area contributed by atoms with Gasteiger partial charge >= 0.3 is 5.97 Å². The highest BCUT2D eigenvalue weighted by atomic mass is 35.5. The highest BCUT2D eigenvalue weighted by Crippen LogP contribution is 2.16. The molecule has 1 aromatic rings. The van der Waals surface area contributed by atoms with Gasteiger partial charge < -0.3 is 20.1 Å². The standard InChI is InChI=1S/C14H19N3O6S.ClH/c1-22-13(18)9-16-24(20,21)11-4-2-3-10(7-11)17-14(19)12-8-15-5-6-23-12;/h2-4,7,12,15-16H,5-6,8-9H2,1H3,(H,17,19);1H. The maximum Gasteiger partial charge on any atom is 0.320 e. The van der Waals surface area contributed by atoms with Crippen molar-refractivity contribution < 1.29 is 27.5 Å². The number of ether oxygens (including phenoxy) is 2. The Labute approximate surface area is 151 Å². The number of anilines is 1. The summed E-state index contributed by atoms with van der Waals surface area (Å²) in [6, 6.07) is 5.71. The van der Waals surface area contributed by atoms with E-state index in [4.69, 9.17) is 4.74 Å². The zero-order chi connectivity index (χ0) is 17.6. The fraction of sp³-hybridized carbons (Fsp3) is 0.429. The topological polar surface area (TPSA) is 123 Å². The molecule has 0 saturated carbocycles. The van der Waals surface area contributed by atoms with E-state index in [0.717, 1.165) is 7.11 Å². The summed E-state index contributed by atoms with van der Waals surface area (Å²) in [7, 11) is -2.73. The third kappa shape index (κ3) is 6.25. The van der Waals surface area contributed by atoms with Crippen LogP contribution in [0.25, 0.3) is 0 Å². The van der Waals surface area contributed by atoms with E-state index in [1.165, 1.54) is 18.2 Å². The SMILES string of the molecule is COC(=O)CNS(=O)(=O)c1cccc(NC(=O)C2CNCCO2)c1.Cl. The van der Waals surface area contributed by atoms with E-state index in [2.05, 4.69) is 20.1 Å². The Bertz CT molecular complexity index is 706. The molecule has 2 rings (SSSR count). The first kappa shape index (κ1) is 21.3. The maximum absolute atomic E-state index is 12.1. The van der Waals surface area contributed by atoms with Gasteiger partial charge in [0.05, 0.1) is 18.6 Å². The lowest BCUT2D eigenvalue weighted by Gasteiger charge is -2.22. The van der Waals surface area contributed by atoms with E-state index in [0.29, 0.717) is 25.4 Å². The average Bonchev–Trinajstić information content (AvgIpc) is 2.60. The molecule has 0 radical (unpaired) electrons. The van der Waals surface area contributed by atoms with Crippen molar-refractivity contribution in [3.05, 3.63) is 24.3 Å². The number of carbonyl (C=O) groups excluding carboxylic acids is 2. The lowest BCUT2D eigenvalue weighted by molar-refractivity contribution is -0.139. The summed E-state index contributed by atoms with van der Waals surface area (Å²) in [5.41, 5.74) is 0.315. The van der Waals surface area contributed by atoms with Crippen LogP contribution in [0.2, 0.25) is 0 Å². The van der Waals surface area contributed by atoms with Gasteiger partial charge in [-0.25, -0.2) is 8.42 Å². The second-order valence-corrected chi connectivity index (χ2v) is 6.75. The van der Waals surface area contributed by atoms with E-state index >= 15 is 0 Å². The number of nitrogens with one attached hydrogen (secondary N) is 3. The Morgan fingerprint density at radius 2 is 2.16 bits per heavy atom. The van der Waals surface area contributed by atoms with Gasteiger partial charge in [0.15, 0.2) is 0 Å². The van der Waals surface area contributed by atoms with E-state index in [9.17, 15) is 18.0 Å². The predicted octanol–water partition coefficient (Wildman–Crippen LogP) is -0.513. The first-order valence-corrected chi connectivity index (χ1v) is 8.70. The number of rotatable bonds is 6. The van der Waals surface area contributed by atoms with Gasteiger partial charge in [-0.2, -0.15) is 4.72 Å². The molecule has 1 aliphatic rings. The van der Waals surface area contributed by atoms with Gasteiger partial charge in [-0.15, -0.1) is 12.4 Å². The Balaban J connectivity index is 0.00000312. The van der Waals surface area contributed by atoms with E-state index in [-0.39, 0.29) is 23.2 Å². The van der Waals surface area contributed by atoms with Gasteiger partial charge in [0.1, 0.15) is 12.6 Å². The Kier molecular flexibility index (Phi) is 8.26. The number of halogens is 1. The van der Waals surface area contributed by atoms with Gasteiger partial charge in [-0.05, 0) is 18.2 Å². The smallest absolute Gasteiger partial charge is 0.320 e. The molecule has 0 aliphatic carbocycles. The highest BCUT2D eigenvalue weighted by Gasteiger charge is 2.22. The third-order valence-electron chi connectivity index (χ3n) is 3.27. The quantitative estimate of drug-likeness (QED) is 0.556. The van der Waals surface area contributed by atoms with E-state index in [1.807, 2.05) is 0 Å². The molecule has 1 heterocycles. The normalized spacial score (nSPS) is 17.2. The van der Waals surface area contributed by atoms with Crippen LogP contribution in [0.15, 0.2) is 29.2 Å². The zero-order valence-electron chi connectivity index (χ0n) is 13.5. The number of amides is 1. The van der Waals surface area contributed by atoms with Crippen molar-refractivity contribution in [3.8, 4) is 0 Å². The van der Waals surface area contributed by atoms with Crippen LogP contribution in [0.1, 0.15) is 0 Å². The zero-order valence-corrected chi connectivity index (χ0v) is 15.1. The van der Waals surface area contributed by atoms with E-state index in [1.54, 1.807) is 6.07 Å². The minimum Gasteiger partial charge on any atom is -0.468 e. The molecule has 1 saturated heterocycles. The lowest BCUT2D eigenvalue weighted by Crippen LogP contribution is -2.45. The van der Waals surface area contributed by atoms with Gasteiger partial charge in [0.2, 0.25) is 10.0 Å². The van der Waals surface area contributed by atoms with Crippen molar-refractivity contribution in [1.82, 2.24) is 10.0 Å². The molecular weight excluding hydrogens is 374 g/mol. The molecule has 9 nitrogen and oxygen atoms in total. The minimum absolute atomic E-state index is 0. The summed E-state index contributed by atoms with van der Waals surface area (Å²) < 4.78 is 36.1. The van der Waals surface area contributed by atoms with Crippen molar-refractivity contribution in [2.45, 2.75) is 11.0 Å². The number of esters is 1. The molecule has 0 aromatic heterocycles. The van der Waals surface area contributed by atoms with Crippen LogP contribution in [0.5, 0.6) is 0 Å². The highest BCUT2D eigenvalue weighted by molar-refractivity contribution is 7.89. The van der Waals surface area contributed by atoms with Gasteiger partial charge in [-0.1, -0.05) is 6.07 Å². The maximum atomic E-state index is 12.1. The summed E-state index contributed by atoms with van der Waals surface area (Å²) in [5, 5.41) is 5.65. The number of carbonyl (C=O) groups is 2. The summed E-state index contributed by atoms with van der Waals surface area (Å²) in [4.78, 5) is 23.1. The molecule has 1 aromatic carbocycles. The first-order valence-electron chi connectivity index (χ1n) is 7.22. The summed E-state index contributed by atoms with van der Waals surface area (Å²) >= 11 is 0. The predicted molar refractivity (Wildman–Crippen MR) is 92.1 cm³/mol. The van der Waals surface area contributed by atoms with Crippen LogP contribution in [0.4, 0.5) is 5.69 Å². The van der Waals surface area contributed by atoms with Gasteiger partial charge in [0.25, 0.3) is 5.91 Å². The molecule has 1 fully saturated rings. The number of hydrogen-bond donors (Lipinski definition) is 3. The van der Waals surface area contributed by atoms with Crippen molar-refractivity contribution in [3.63, 3.8) is 0 Å². The molecule has 140 valence electrons. The summed E-state index contributed by atoms with van der Waals surface area (Å²) in [6.07, 6.45) is -0.628. The fourth-order valence-corrected chi connectivity index (χ4v) is 3.02. The van der Waals surface area contributed by atoms with Crippen LogP contribution < -0.4 is 15.4 Å². The molecule has 1 atom stereocenters. The Morgan fingerprint density at radius 3 is 2.80 bits per heavy atom. The van der Waals surface area contributed by atoms with Crippen molar-refractivity contribution in [1.29, 1.82) is 0 Å². The molecule has 1 amide bonds. The number of methoxy groups -OCH3 is 1. The number of benzene rings is 1. The van der Waals surface area contributed by atoms with Crippen molar-refractivity contribution in [2.75, 3.05) is 38.7 Å². The van der Waals surface area contributed by atoms with Crippen LogP contribution in [0, 0.1) is 0 Å². The third-order valence-corrected chi connectivity index (χ3v) is 4.67. The lowest BCUT2D eigenvalue weighted by atomic mass is 10.2. The Morgan fingerprint density at radius 1 is 1.40 bits per heavy atom. The number of sulfonamides is 1. The van der Waals surface area contributed by atoms with Crippen LogP contribution in [0.3, 0.4) is 0 Å². The molecule has 25 heavy (non-hydrogen) atoms. The molecule has 0 spiro atoms. The monoisotopic (exact) mass is 393 g/mol. The van der Waals surface area contributed by atoms with Crippen LogP contribution in [-0.4, -0.2) is 59.7 Å². The minimum atomic E-state index is -3.89.